The highest BCUT2D eigenvalue weighted by Gasteiger charge is 2.30. The largest absolute Gasteiger partial charge is 0.497 e. The van der Waals surface area contributed by atoms with Crippen molar-refractivity contribution in [3.63, 3.8) is 0 Å². The van der Waals surface area contributed by atoms with Crippen LogP contribution in [-0.2, 0) is 11.8 Å². The molecule has 1 fully saturated rings. The summed E-state index contributed by atoms with van der Waals surface area (Å²) >= 11 is 0. The van der Waals surface area contributed by atoms with Crippen molar-refractivity contribution >= 4 is 16.9 Å². The van der Waals surface area contributed by atoms with Crippen LogP contribution in [0, 0.1) is 23.7 Å². The third-order valence-electron chi connectivity index (χ3n) is 7.15. The predicted molar refractivity (Wildman–Crippen MR) is 136 cm³/mol. The summed E-state index contributed by atoms with van der Waals surface area (Å²) in [6.45, 7) is 2.28. The Labute approximate surface area is 211 Å². The van der Waals surface area contributed by atoms with Crippen molar-refractivity contribution in [3.8, 4) is 17.6 Å². The molecule has 1 aliphatic heterocycles. The van der Waals surface area contributed by atoms with E-state index in [4.69, 9.17) is 4.74 Å². The Morgan fingerprint density at radius 2 is 2.17 bits per heavy atom. The van der Waals surface area contributed by atoms with Gasteiger partial charge >= 0.3 is 5.97 Å². The molecular formula is C28H33FN4O3. The average molecular weight is 493 g/mol. The number of hydrogen-bond donors (Lipinski definition) is 1. The van der Waals surface area contributed by atoms with Crippen molar-refractivity contribution in [2.75, 3.05) is 26.7 Å². The van der Waals surface area contributed by atoms with Crippen molar-refractivity contribution in [2.24, 2.45) is 18.9 Å². The van der Waals surface area contributed by atoms with E-state index in [-0.39, 0.29) is 18.3 Å². The predicted octanol–water partition coefficient (Wildman–Crippen LogP) is 4.62. The number of alkyl halides is 1. The van der Waals surface area contributed by atoms with Gasteiger partial charge in [-0.1, -0.05) is 5.92 Å². The number of piperidine rings is 1. The number of aromatic nitrogens is 3. The van der Waals surface area contributed by atoms with Crippen LogP contribution in [0.1, 0.15) is 49.5 Å². The zero-order chi connectivity index (χ0) is 25.5. The van der Waals surface area contributed by atoms with Gasteiger partial charge in [0.1, 0.15) is 17.6 Å². The zero-order valence-electron chi connectivity index (χ0n) is 20.9. The first-order chi connectivity index (χ1) is 17.4. The fraction of sp³-hybridized carbons (Fsp3) is 0.464. The molecule has 0 bridgehead atoms. The standard InChI is InChI=1S/C28H33FN4O3/c1-32-19-30-17-22(32)4-3-14-33-15-12-20(21(18-33)6-10-28(34)35)5-8-26(29)24-11-13-31-27-9-7-23(36-2)16-25(24)27/h7,9,11,13,16-17,19-21,26H,5-6,8,10,12,14-15,18H2,1-2H3,(H,34,35)/t20?,21?,26-/m0/s1. The van der Waals surface area contributed by atoms with Crippen LogP contribution >= 0.6 is 0 Å². The Morgan fingerprint density at radius 3 is 2.92 bits per heavy atom. The van der Waals surface area contributed by atoms with Crippen LogP contribution in [0.15, 0.2) is 43.0 Å². The minimum Gasteiger partial charge on any atom is -0.497 e. The van der Waals surface area contributed by atoms with Gasteiger partial charge in [-0.05, 0) is 79.8 Å². The van der Waals surface area contributed by atoms with Crippen LogP contribution in [-0.4, -0.2) is 57.3 Å². The number of ether oxygens (including phenoxy) is 1. The molecule has 3 aromatic rings. The van der Waals surface area contributed by atoms with Crippen molar-refractivity contribution in [1.29, 1.82) is 0 Å². The number of carbonyl (C=O) groups is 1. The maximum absolute atomic E-state index is 15.5. The topological polar surface area (TPSA) is 80.5 Å². The second-order valence-electron chi connectivity index (χ2n) is 9.50. The summed E-state index contributed by atoms with van der Waals surface area (Å²) in [6, 6.07) is 7.26. The van der Waals surface area contributed by atoms with Crippen molar-refractivity contribution in [1.82, 2.24) is 19.4 Å². The SMILES string of the molecule is COc1ccc2nccc([C@@H](F)CCC3CCN(CC#Cc4cncn4C)CC3CCC(=O)O)c2c1. The molecule has 1 aliphatic rings. The van der Waals surface area contributed by atoms with Gasteiger partial charge in [0.25, 0.3) is 0 Å². The lowest BCUT2D eigenvalue weighted by Crippen LogP contribution is -2.41. The summed E-state index contributed by atoms with van der Waals surface area (Å²) in [4.78, 5) is 22.0. The van der Waals surface area contributed by atoms with Crippen LogP contribution in [0.2, 0.25) is 0 Å². The van der Waals surface area contributed by atoms with Crippen molar-refractivity contribution < 1.29 is 19.0 Å². The van der Waals surface area contributed by atoms with E-state index >= 15 is 4.39 Å². The molecule has 190 valence electrons. The van der Waals surface area contributed by atoms with E-state index in [2.05, 4.69) is 26.7 Å². The van der Waals surface area contributed by atoms with Gasteiger partial charge in [0.2, 0.25) is 0 Å². The second-order valence-corrected chi connectivity index (χ2v) is 9.50. The number of carboxylic acid groups (broad SMARTS) is 1. The van der Waals surface area contributed by atoms with Crippen LogP contribution in [0.25, 0.3) is 10.9 Å². The Hall–Kier alpha value is -3.44. The quantitative estimate of drug-likeness (QED) is 0.439. The monoisotopic (exact) mass is 492 g/mol. The molecule has 0 amide bonds. The third kappa shape index (κ3) is 6.41. The van der Waals surface area contributed by atoms with Crippen LogP contribution in [0.5, 0.6) is 5.75 Å². The Bertz CT molecular complexity index is 1250. The number of carboxylic acids is 1. The molecule has 36 heavy (non-hydrogen) atoms. The smallest absolute Gasteiger partial charge is 0.303 e. The van der Waals surface area contributed by atoms with Gasteiger partial charge in [0.15, 0.2) is 0 Å². The van der Waals surface area contributed by atoms with Gasteiger partial charge < -0.3 is 14.4 Å². The number of likely N-dealkylation sites (tertiary alicyclic amines) is 1. The van der Waals surface area contributed by atoms with E-state index in [1.807, 2.05) is 29.8 Å². The molecule has 4 rings (SSSR count). The van der Waals surface area contributed by atoms with Crippen LogP contribution in [0.4, 0.5) is 4.39 Å². The number of imidazole rings is 1. The molecule has 2 aromatic heterocycles. The molecule has 0 spiro atoms. The minimum absolute atomic E-state index is 0.129. The first-order valence-electron chi connectivity index (χ1n) is 12.4. The zero-order valence-corrected chi connectivity index (χ0v) is 20.9. The summed E-state index contributed by atoms with van der Waals surface area (Å²) in [5, 5.41) is 10.0. The van der Waals surface area contributed by atoms with Crippen LogP contribution < -0.4 is 4.74 Å². The number of nitrogens with zero attached hydrogens (tertiary/aromatic N) is 4. The van der Waals surface area contributed by atoms with E-state index < -0.39 is 12.1 Å². The van der Waals surface area contributed by atoms with Gasteiger partial charge in [-0.3, -0.25) is 14.7 Å². The molecule has 0 saturated carbocycles. The van der Waals surface area contributed by atoms with Crippen molar-refractivity contribution in [2.45, 2.75) is 38.3 Å². The van der Waals surface area contributed by atoms with Crippen LogP contribution in [0.3, 0.4) is 0 Å². The summed E-state index contributed by atoms with van der Waals surface area (Å²) < 4.78 is 22.7. The minimum atomic E-state index is -1.12. The number of methoxy groups -OCH3 is 1. The molecule has 8 heteroatoms. The molecular weight excluding hydrogens is 459 g/mol. The third-order valence-corrected chi connectivity index (χ3v) is 7.15. The molecule has 0 aliphatic carbocycles. The molecule has 1 saturated heterocycles. The Morgan fingerprint density at radius 1 is 1.31 bits per heavy atom. The molecule has 2 unspecified atom stereocenters. The number of hydrogen-bond acceptors (Lipinski definition) is 5. The summed E-state index contributed by atoms with van der Waals surface area (Å²) in [7, 11) is 3.51. The normalized spacial score (nSPS) is 19.0. The number of aliphatic carboxylic acids is 1. The van der Waals surface area contributed by atoms with E-state index in [0.717, 1.165) is 36.1 Å². The molecule has 1 aromatic carbocycles. The number of aryl methyl sites for hydroxylation is 1. The van der Waals surface area contributed by atoms with E-state index in [0.29, 0.717) is 37.1 Å². The van der Waals surface area contributed by atoms with Gasteiger partial charge in [0.05, 0.1) is 31.7 Å². The van der Waals surface area contributed by atoms with E-state index in [9.17, 15) is 9.90 Å². The molecule has 7 nitrogen and oxygen atoms in total. The van der Waals surface area contributed by atoms with E-state index in [1.54, 1.807) is 31.9 Å². The summed E-state index contributed by atoms with van der Waals surface area (Å²) in [5.41, 5.74) is 2.24. The number of halogens is 1. The molecule has 3 heterocycles. The number of benzene rings is 1. The molecule has 1 N–H and O–H groups in total. The van der Waals surface area contributed by atoms with Gasteiger partial charge in [-0.25, -0.2) is 9.37 Å². The lowest BCUT2D eigenvalue weighted by molar-refractivity contribution is -0.137. The summed E-state index contributed by atoms with van der Waals surface area (Å²) in [5.74, 6) is 6.74. The number of rotatable bonds is 9. The fourth-order valence-electron chi connectivity index (χ4n) is 5.10. The van der Waals surface area contributed by atoms with E-state index in [1.165, 1.54) is 0 Å². The van der Waals surface area contributed by atoms with Gasteiger partial charge in [0, 0.05) is 31.6 Å². The van der Waals surface area contributed by atoms with Crippen molar-refractivity contribution in [3.05, 3.63) is 54.2 Å². The average Bonchev–Trinajstić information content (AvgIpc) is 3.30. The lowest BCUT2D eigenvalue weighted by Gasteiger charge is -2.38. The Balaban J connectivity index is 1.40. The Kier molecular flexibility index (Phi) is 8.55. The maximum Gasteiger partial charge on any atom is 0.303 e. The highest BCUT2D eigenvalue weighted by molar-refractivity contribution is 5.83. The molecule has 3 atom stereocenters. The lowest BCUT2D eigenvalue weighted by atomic mass is 9.79. The van der Waals surface area contributed by atoms with Gasteiger partial charge in [-0.2, -0.15) is 0 Å². The second kappa shape index (κ2) is 12.0. The molecule has 0 radical (unpaired) electrons. The first-order valence-corrected chi connectivity index (χ1v) is 12.4. The highest BCUT2D eigenvalue weighted by atomic mass is 19.1. The highest BCUT2D eigenvalue weighted by Crippen LogP contribution is 2.36. The summed E-state index contributed by atoms with van der Waals surface area (Å²) in [6.07, 6.45) is 6.74. The maximum atomic E-state index is 15.5. The number of fused-ring (bicyclic) bond motifs is 1. The fourth-order valence-corrected chi connectivity index (χ4v) is 5.10. The van der Waals surface area contributed by atoms with Gasteiger partial charge in [-0.15, -0.1) is 0 Å². The number of pyridine rings is 1. The first kappa shape index (κ1) is 25.6.